The number of nitrogens with zero attached hydrogens (tertiary/aromatic N) is 2. The average molecular weight is 305 g/mol. The first-order valence-electron chi connectivity index (χ1n) is 7.06. The Balaban J connectivity index is 1.79. The van der Waals surface area contributed by atoms with Crippen LogP contribution < -0.4 is 5.32 Å². The summed E-state index contributed by atoms with van der Waals surface area (Å²) in [4.78, 5) is 4.60. The third-order valence-corrected chi connectivity index (χ3v) is 4.99. The SMILES string of the molecule is CS(=O)(=O)c1ccc(Cn2cncc2[C@@H]2CCCN2)cc1. The van der Waals surface area contributed by atoms with Crippen molar-refractivity contribution in [3.05, 3.63) is 48.0 Å². The topological polar surface area (TPSA) is 64.0 Å². The highest BCUT2D eigenvalue weighted by Gasteiger charge is 2.19. The first-order valence-corrected chi connectivity index (χ1v) is 8.95. The Labute approximate surface area is 124 Å². The molecule has 1 N–H and O–H groups in total. The van der Waals surface area contributed by atoms with Crippen molar-refractivity contribution < 1.29 is 8.42 Å². The van der Waals surface area contributed by atoms with E-state index in [0.717, 1.165) is 18.5 Å². The maximum Gasteiger partial charge on any atom is 0.175 e. The molecule has 1 atom stereocenters. The lowest BCUT2D eigenvalue weighted by molar-refractivity contribution is 0.584. The second-order valence-corrected chi connectivity index (χ2v) is 7.53. The number of aromatic nitrogens is 2. The summed E-state index contributed by atoms with van der Waals surface area (Å²) in [5.74, 6) is 0. The molecule has 0 spiro atoms. The quantitative estimate of drug-likeness (QED) is 0.935. The maximum absolute atomic E-state index is 11.5. The first-order chi connectivity index (χ1) is 10.0. The van der Waals surface area contributed by atoms with E-state index in [2.05, 4.69) is 14.9 Å². The molecule has 6 heteroatoms. The molecule has 1 saturated heterocycles. The lowest BCUT2D eigenvalue weighted by Gasteiger charge is -2.14. The Morgan fingerprint density at radius 2 is 2.10 bits per heavy atom. The molecule has 0 saturated carbocycles. The third kappa shape index (κ3) is 3.16. The molecule has 2 aromatic rings. The van der Waals surface area contributed by atoms with E-state index in [-0.39, 0.29) is 0 Å². The van der Waals surface area contributed by atoms with Crippen LogP contribution in [-0.2, 0) is 16.4 Å². The highest BCUT2D eigenvalue weighted by atomic mass is 32.2. The lowest BCUT2D eigenvalue weighted by atomic mass is 10.1. The standard InChI is InChI=1S/C15H19N3O2S/c1-21(19,20)13-6-4-12(5-7-13)10-18-11-16-9-15(18)14-3-2-8-17-14/h4-7,9,11,14,17H,2-3,8,10H2,1H3/t14-/m0/s1. The van der Waals surface area contributed by atoms with Gasteiger partial charge >= 0.3 is 0 Å². The number of rotatable bonds is 4. The summed E-state index contributed by atoms with van der Waals surface area (Å²) in [6.45, 7) is 1.76. The molecule has 3 rings (SSSR count). The molecule has 0 unspecified atom stereocenters. The summed E-state index contributed by atoms with van der Waals surface area (Å²) in [6, 6.07) is 7.43. The fourth-order valence-corrected chi connectivity index (χ4v) is 3.36. The minimum absolute atomic E-state index is 0.356. The molecule has 1 aromatic heterocycles. The van der Waals surface area contributed by atoms with E-state index >= 15 is 0 Å². The number of sulfone groups is 1. The molecule has 5 nitrogen and oxygen atoms in total. The molecule has 1 fully saturated rings. The molecular weight excluding hydrogens is 286 g/mol. The number of nitrogens with one attached hydrogen (secondary N) is 1. The van der Waals surface area contributed by atoms with Gasteiger partial charge in [-0.1, -0.05) is 12.1 Å². The minimum atomic E-state index is -3.13. The van der Waals surface area contributed by atoms with Gasteiger partial charge in [0, 0.05) is 25.0 Å². The molecule has 2 heterocycles. The van der Waals surface area contributed by atoms with Gasteiger partial charge in [-0.25, -0.2) is 13.4 Å². The number of hydrogen-bond acceptors (Lipinski definition) is 4. The molecule has 21 heavy (non-hydrogen) atoms. The third-order valence-electron chi connectivity index (χ3n) is 3.87. The van der Waals surface area contributed by atoms with Crippen LogP contribution in [0.15, 0.2) is 41.7 Å². The van der Waals surface area contributed by atoms with E-state index in [0.29, 0.717) is 17.5 Å². The number of imidazole rings is 1. The fourth-order valence-electron chi connectivity index (χ4n) is 2.73. The van der Waals surface area contributed by atoms with Crippen molar-refractivity contribution in [1.29, 1.82) is 0 Å². The van der Waals surface area contributed by atoms with Crippen molar-refractivity contribution in [3.63, 3.8) is 0 Å². The maximum atomic E-state index is 11.5. The van der Waals surface area contributed by atoms with Gasteiger partial charge in [0.05, 0.1) is 16.9 Å². The predicted octanol–water partition coefficient (Wildman–Crippen LogP) is 1.76. The van der Waals surface area contributed by atoms with Gasteiger partial charge in [-0.3, -0.25) is 0 Å². The molecule has 0 amide bonds. The van der Waals surface area contributed by atoms with Crippen LogP contribution in [0.4, 0.5) is 0 Å². The molecular formula is C15H19N3O2S. The van der Waals surface area contributed by atoms with Crippen LogP contribution in [0.1, 0.15) is 30.1 Å². The van der Waals surface area contributed by atoms with Gasteiger partial charge in [0.15, 0.2) is 9.84 Å². The zero-order valence-corrected chi connectivity index (χ0v) is 12.8. The van der Waals surface area contributed by atoms with Crippen LogP contribution in [0.25, 0.3) is 0 Å². The van der Waals surface area contributed by atoms with Gasteiger partial charge in [0.1, 0.15) is 0 Å². The van der Waals surface area contributed by atoms with E-state index in [9.17, 15) is 8.42 Å². The zero-order valence-electron chi connectivity index (χ0n) is 12.0. The van der Waals surface area contributed by atoms with Crippen molar-refractivity contribution in [2.24, 2.45) is 0 Å². The molecule has 1 aliphatic heterocycles. The largest absolute Gasteiger partial charge is 0.329 e. The van der Waals surface area contributed by atoms with Crippen LogP contribution >= 0.6 is 0 Å². The summed E-state index contributed by atoms with van der Waals surface area (Å²) >= 11 is 0. The van der Waals surface area contributed by atoms with E-state index < -0.39 is 9.84 Å². The second kappa shape index (κ2) is 5.61. The highest BCUT2D eigenvalue weighted by Crippen LogP contribution is 2.23. The van der Waals surface area contributed by atoms with E-state index in [4.69, 9.17) is 0 Å². The van der Waals surface area contributed by atoms with Crippen molar-refractivity contribution in [1.82, 2.24) is 14.9 Å². The van der Waals surface area contributed by atoms with Crippen LogP contribution in [0, 0.1) is 0 Å². The van der Waals surface area contributed by atoms with Crippen molar-refractivity contribution in [3.8, 4) is 0 Å². The minimum Gasteiger partial charge on any atom is -0.329 e. The summed E-state index contributed by atoms with van der Waals surface area (Å²) in [5.41, 5.74) is 2.26. The van der Waals surface area contributed by atoms with Crippen molar-refractivity contribution in [2.45, 2.75) is 30.3 Å². The van der Waals surface area contributed by atoms with Crippen molar-refractivity contribution in [2.75, 3.05) is 12.8 Å². The van der Waals surface area contributed by atoms with Gasteiger partial charge in [-0.05, 0) is 37.1 Å². The van der Waals surface area contributed by atoms with Crippen LogP contribution in [-0.4, -0.2) is 30.8 Å². The van der Waals surface area contributed by atoms with E-state index in [1.54, 1.807) is 12.1 Å². The van der Waals surface area contributed by atoms with Gasteiger partial charge in [0.2, 0.25) is 0 Å². The molecule has 0 aliphatic carbocycles. The van der Waals surface area contributed by atoms with Gasteiger partial charge in [-0.2, -0.15) is 0 Å². The highest BCUT2D eigenvalue weighted by molar-refractivity contribution is 7.90. The summed E-state index contributed by atoms with van der Waals surface area (Å²) in [6.07, 6.45) is 7.30. The van der Waals surface area contributed by atoms with Crippen molar-refractivity contribution >= 4 is 9.84 Å². The monoisotopic (exact) mass is 305 g/mol. The zero-order chi connectivity index (χ0) is 14.9. The first kappa shape index (κ1) is 14.3. The Morgan fingerprint density at radius 1 is 1.33 bits per heavy atom. The molecule has 1 aliphatic rings. The Hall–Kier alpha value is -1.66. The molecule has 1 aromatic carbocycles. The lowest BCUT2D eigenvalue weighted by Crippen LogP contribution is -2.17. The summed E-state index contributed by atoms with van der Waals surface area (Å²) in [7, 11) is -3.13. The summed E-state index contributed by atoms with van der Waals surface area (Å²) in [5, 5.41) is 3.47. The Bertz CT molecular complexity index is 714. The Kier molecular flexibility index (Phi) is 3.82. The van der Waals surface area contributed by atoms with Gasteiger partial charge < -0.3 is 9.88 Å². The average Bonchev–Trinajstić information content (AvgIpc) is 3.08. The van der Waals surface area contributed by atoms with Crippen LogP contribution in [0.5, 0.6) is 0 Å². The smallest absolute Gasteiger partial charge is 0.175 e. The fraction of sp³-hybridized carbons (Fsp3) is 0.400. The predicted molar refractivity (Wildman–Crippen MR) is 80.9 cm³/mol. The normalized spacial score (nSPS) is 19.0. The summed E-state index contributed by atoms with van der Waals surface area (Å²) < 4.78 is 25.1. The molecule has 0 radical (unpaired) electrons. The Morgan fingerprint density at radius 3 is 2.71 bits per heavy atom. The number of hydrogen-bond donors (Lipinski definition) is 1. The van der Waals surface area contributed by atoms with Gasteiger partial charge in [-0.15, -0.1) is 0 Å². The van der Waals surface area contributed by atoms with E-state index in [1.165, 1.54) is 18.4 Å². The van der Waals surface area contributed by atoms with Crippen LogP contribution in [0.3, 0.4) is 0 Å². The molecule has 112 valence electrons. The van der Waals surface area contributed by atoms with Crippen LogP contribution in [0.2, 0.25) is 0 Å². The van der Waals surface area contributed by atoms with E-state index in [1.807, 2.05) is 24.7 Å². The molecule has 0 bridgehead atoms. The second-order valence-electron chi connectivity index (χ2n) is 5.51. The number of benzene rings is 1. The van der Waals surface area contributed by atoms with Gasteiger partial charge in [0.25, 0.3) is 0 Å².